The van der Waals surface area contributed by atoms with E-state index >= 15 is 0 Å². The maximum absolute atomic E-state index is 12.7. The predicted molar refractivity (Wildman–Crippen MR) is 117 cm³/mol. The van der Waals surface area contributed by atoms with E-state index in [9.17, 15) is 4.79 Å². The predicted octanol–water partition coefficient (Wildman–Crippen LogP) is 4.51. The number of nitrogens with zero attached hydrogens (tertiary/aromatic N) is 4. The zero-order chi connectivity index (χ0) is 20.2. The summed E-state index contributed by atoms with van der Waals surface area (Å²) in [5.74, 6) is 2.95. The van der Waals surface area contributed by atoms with Crippen molar-refractivity contribution in [1.29, 1.82) is 0 Å². The van der Waals surface area contributed by atoms with Crippen LogP contribution in [-0.4, -0.2) is 19.1 Å². The Morgan fingerprint density at radius 1 is 1.10 bits per heavy atom. The standard InChI is InChI=1S/C23H22N4O2S/c1-26-20-10-17(6-7-19(20)25-22(26)14-2-3-14)27-9-8-18(11-21(27)28)29-12-16-13-30-23(24-16)15-4-5-15/h6-11,13-15H,2-5,12H2,1H3. The van der Waals surface area contributed by atoms with E-state index < -0.39 is 0 Å². The van der Waals surface area contributed by atoms with Crippen LogP contribution in [0.15, 0.2) is 46.7 Å². The zero-order valence-corrected chi connectivity index (χ0v) is 17.6. The molecule has 3 heterocycles. The van der Waals surface area contributed by atoms with Crippen LogP contribution < -0.4 is 10.3 Å². The van der Waals surface area contributed by atoms with Crippen LogP contribution in [0.2, 0.25) is 0 Å². The molecular formula is C23H22N4O2S. The molecule has 0 aliphatic heterocycles. The number of fused-ring (bicyclic) bond motifs is 1. The number of benzene rings is 1. The second-order valence-corrected chi connectivity index (χ2v) is 9.18. The molecule has 2 aliphatic carbocycles. The molecule has 6 nitrogen and oxygen atoms in total. The summed E-state index contributed by atoms with van der Waals surface area (Å²) in [5, 5.41) is 3.26. The van der Waals surface area contributed by atoms with Gasteiger partial charge in [-0.3, -0.25) is 9.36 Å². The Hall–Kier alpha value is -2.93. The molecule has 6 rings (SSSR count). The summed E-state index contributed by atoms with van der Waals surface area (Å²) in [4.78, 5) is 22.1. The molecular weight excluding hydrogens is 396 g/mol. The Morgan fingerprint density at radius 2 is 1.93 bits per heavy atom. The summed E-state index contributed by atoms with van der Waals surface area (Å²) in [6.07, 6.45) is 6.70. The van der Waals surface area contributed by atoms with Gasteiger partial charge < -0.3 is 9.30 Å². The van der Waals surface area contributed by atoms with E-state index in [1.54, 1.807) is 22.1 Å². The quantitative estimate of drug-likeness (QED) is 0.462. The summed E-state index contributed by atoms with van der Waals surface area (Å²) in [5.41, 5.74) is 3.67. The third kappa shape index (κ3) is 3.23. The number of hydrogen-bond donors (Lipinski definition) is 0. The molecule has 7 heteroatoms. The molecule has 0 spiro atoms. The monoisotopic (exact) mass is 418 g/mol. The lowest BCUT2D eigenvalue weighted by molar-refractivity contribution is 0.301. The first-order valence-electron chi connectivity index (χ1n) is 10.4. The van der Waals surface area contributed by atoms with E-state index in [0.29, 0.717) is 24.2 Å². The van der Waals surface area contributed by atoms with Gasteiger partial charge in [-0.2, -0.15) is 0 Å². The highest BCUT2D eigenvalue weighted by atomic mass is 32.1. The van der Waals surface area contributed by atoms with Crippen LogP contribution in [0.1, 0.15) is 54.0 Å². The Kier molecular flexibility index (Phi) is 4.06. The van der Waals surface area contributed by atoms with Gasteiger partial charge in [0.05, 0.1) is 27.4 Å². The zero-order valence-electron chi connectivity index (χ0n) is 16.7. The molecule has 2 fully saturated rings. The van der Waals surface area contributed by atoms with Crippen LogP contribution in [0.25, 0.3) is 16.7 Å². The molecule has 0 atom stereocenters. The Morgan fingerprint density at radius 3 is 2.70 bits per heavy atom. The second-order valence-electron chi connectivity index (χ2n) is 8.29. The number of aryl methyl sites for hydroxylation is 1. The lowest BCUT2D eigenvalue weighted by Crippen LogP contribution is -2.16. The summed E-state index contributed by atoms with van der Waals surface area (Å²) >= 11 is 1.70. The topological polar surface area (TPSA) is 61.9 Å². The van der Waals surface area contributed by atoms with E-state index in [-0.39, 0.29) is 5.56 Å². The number of pyridine rings is 1. The van der Waals surface area contributed by atoms with Crippen molar-refractivity contribution in [2.45, 2.75) is 44.1 Å². The number of imidazole rings is 1. The van der Waals surface area contributed by atoms with E-state index in [1.807, 2.05) is 29.6 Å². The van der Waals surface area contributed by atoms with Crippen LogP contribution in [0.3, 0.4) is 0 Å². The van der Waals surface area contributed by atoms with Crippen molar-refractivity contribution in [3.63, 3.8) is 0 Å². The number of rotatable bonds is 6. The Balaban J connectivity index is 1.23. The molecule has 0 unspecified atom stereocenters. The third-order valence-electron chi connectivity index (χ3n) is 5.89. The summed E-state index contributed by atoms with van der Waals surface area (Å²) in [6, 6.07) is 9.34. The van der Waals surface area contributed by atoms with Crippen molar-refractivity contribution in [3.8, 4) is 11.4 Å². The molecule has 2 saturated carbocycles. The first kappa shape index (κ1) is 17.9. The van der Waals surface area contributed by atoms with Gasteiger partial charge in [0.25, 0.3) is 5.56 Å². The fourth-order valence-corrected chi connectivity index (χ4v) is 4.86. The molecule has 3 aromatic heterocycles. The summed E-state index contributed by atoms with van der Waals surface area (Å²) in [7, 11) is 2.06. The maximum Gasteiger partial charge on any atom is 0.258 e. The van der Waals surface area contributed by atoms with E-state index in [1.165, 1.54) is 36.8 Å². The fraction of sp³-hybridized carbons (Fsp3) is 0.348. The van der Waals surface area contributed by atoms with Gasteiger partial charge in [0.1, 0.15) is 18.2 Å². The van der Waals surface area contributed by atoms with Crippen molar-refractivity contribution in [2.75, 3.05) is 0 Å². The van der Waals surface area contributed by atoms with Gasteiger partial charge in [-0.1, -0.05) is 0 Å². The molecule has 4 aromatic rings. The van der Waals surface area contributed by atoms with Gasteiger partial charge in [-0.05, 0) is 49.9 Å². The first-order chi connectivity index (χ1) is 14.7. The molecule has 152 valence electrons. The highest BCUT2D eigenvalue weighted by Gasteiger charge is 2.28. The van der Waals surface area contributed by atoms with Crippen LogP contribution in [0, 0.1) is 0 Å². The van der Waals surface area contributed by atoms with Crippen LogP contribution in [0.5, 0.6) is 5.75 Å². The van der Waals surface area contributed by atoms with E-state index in [0.717, 1.165) is 28.2 Å². The van der Waals surface area contributed by atoms with Crippen molar-refractivity contribution in [1.82, 2.24) is 19.1 Å². The Labute approximate surface area is 177 Å². The maximum atomic E-state index is 12.7. The summed E-state index contributed by atoms with van der Waals surface area (Å²) in [6.45, 7) is 0.387. The average Bonchev–Trinajstić information content (AvgIpc) is 3.69. The van der Waals surface area contributed by atoms with Gasteiger partial charge in [0.2, 0.25) is 0 Å². The van der Waals surface area contributed by atoms with E-state index in [2.05, 4.69) is 16.6 Å². The minimum absolute atomic E-state index is 0.117. The minimum Gasteiger partial charge on any atom is -0.487 e. The second kappa shape index (κ2) is 6.80. The highest BCUT2D eigenvalue weighted by molar-refractivity contribution is 7.09. The van der Waals surface area contributed by atoms with E-state index in [4.69, 9.17) is 9.72 Å². The van der Waals surface area contributed by atoms with Crippen molar-refractivity contribution in [3.05, 3.63) is 68.8 Å². The number of aromatic nitrogens is 4. The number of thiazole rings is 1. The number of hydrogen-bond acceptors (Lipinski definition) is 5. The molecule has 0 N–H and O–H groups in total. The molecule has 30 heavy (non-hydrogen) atoms. The minimum atomic E-state index is -0.117. The number of ether oxygens (including phenoxy) is 1. The van der Waals surface area contributed by atoms with Gasteiger partial charge in [-0.25, -0.2) is 9.97 Å². The van der Waals surface area contributed by atoms with Crippen molar-refractivity contribution < 1.29 is 4.74 Å². The van der Waals surface area contributed by atoms with Crippen LogP contribution >= 0.6 is 11.3 Å². The smallest absolute Gasteiger partial charge is 0.258 e. The van der Waals surface area contributed by atoms with Crippen LogP contribution in [-0.2, 0) is 13.7 Å². The molecule has 0 saturated heterocycles. The average molecular weight is 419 g/mol. The van der Waals surface area contributed by atoms with Crippen molar-refractivity contribution >= 4 is 22.4 Å². The van der Waals surface area contributed by atoms with Gasteiger partial charge in [-0.15, -0.1) is 11.3 Å². The van der Waals surface area contributed by atoms with Gasteiger partial charge >= 0.3 is 0 Å². The lowest BCUT2D eigenvalue weighted by Gasteiger charge is -2.09. The van der Waals surface area contributed by atoms with Crippen LogP contribution in [0.4, 0.5) is 0 Å². The van der Waals surface area contributed by atoms with Gasteiger partial charge in [0.15, 0.2) is 0 Å². The largest absolute Gasteiger partial charge is 0.487 e. The highest BCUT2D eigenvalue weighted by Crippen LogP contribution is 2.41. The first-order valence-corrected chi connectivity index (χ1v) is 11.3. The molecule has 1 aromatic carbocycles. The lowest BCUT2D eigenvalue weighted by atomic mass is 10.2. The van der Waals surface area contributed by atoms with Gasteiger partial charge in [0, 0.05) is 36.5 Å². The third-order valence-corrected chi connectivity index (χ3v) is 6.95. The molecule has 0 bridgehead atoms. The Bertz CT molecular complexity index is 1310. The van der Waals surface area contributed by atoms with Crippen molar-refractivity contribution in [2.24, 2.45) is 7.05 Å². The molecule has 2 aliphatic rings. The normalized spacial score (nSPS) is 16.3. The molecule has 0 amide bonds. The molecule has 0 radical (unpaired) electrons. The fourth-order valence-electron chi connectivity index (χ4n) is 3.88. The summed E-state index contributed by atoms with van der Waals surface area (Å²) < 4.78 is 9.62. The SMILES string of the molecule is Cn1c(C2CC2)nc2ccc(-n3ccc(OCc4csc(C5CC5)n4)cc3=O)cc21.